The molecular weight excluding hydrogens is 478 g/mol. The van der Waals surface area contributed by atoms with Crippen LogP contribution in [0.4, 0.5) is 5.82 Å². The number of rotatable bonds is 6. The lowest BCUT2D eigenvalue weighted by atomic mass is 10.0. The third-order valence-electron chi connectivity index (χ3n) is 6.20. The molecule has 5 heterocycles. The second kappa shape index (κ2) is 10.2. The smallest absolute Gasteiger partial charge is 0.271 e. The summed E-state index contributed by atoms with van der Waals surface area (Å²) in [5, 5.41) is 17.2. The van der Waals surface area contributed by atoms with E-state index in [1.807, 2.05) is 31.3 Å². The van der Waals surface area contributed by atoms with Crippen LogP contribution in [0.1, 0.15) is 35.8 Å². The van der Waals surface area contributed by atoms with Gasteiger partial charge in [-0.25, -0.2) is 14.5 Å². The second-order valence-electron chi connectivity index (χ2n) is 8.46. The fourth-order valence-corrected chi connectivity index (χ4v) is 4.64. The maximum atomic E-state index is 12.5. The number of fused-ring (bicyclic) bond motifs is 1. The van der Waals surface area contributed by atoms with Crippen molar-refractivity contribution in [1.29, 1.82) is 5.26 Å². The Labute approximate surface area is 213 Å². The molecule has 0 spiro atoms. The number of piperidine rings is 1. The van der Waals surface area contributed by atoms with Gasteiger partial charge in [-0.1, -0.05) is 11.6 Å². The molecule has 0 radical (unpaired) electrons. The molecule has 0 bridgehead atoms. The van der Waals surface area contributed by atoms with Gasteiger partial charge in [0.1, 0.15) is 23.3 Å². The number of carbonyl (C=O) groups excluding carboxylic acids is 1. The van der Waals surface area contributed by atoms with E-state index >= 15 is 0 Å². The fraction of sp³-hybridized carbons (Fsp3) is 0.269. The van der Waals surface area contributed by atoms with Crippen molar-refractivity contribution in [3.63, 3.8) is 0 Å². The monoisotopic (exact) mass is 501 g/mol. The molecule has 1 saturated heterocycles. The Balaban J connectivity index is 1.29. The van der Waals surface area contributed by atoms with Crippen LogP contribution in [0.2, 0.25) is 5.02 Å². The highest BCUT2D eigenvalue weighted by Gasteiger charge is 2.23. The largest absolute Gasteiger partial charge is 0.492 e. The van der Waals surface area contributed by atoms with Gasteiger partial charge >= 0.3 is 0 Å². The first-order valence-corrected chi connectivity index (χ1v) is 12.1. The number of pyridine rings is 3. The van der Waals surface area contributed by atoms with E-state index in [1.54, 1.807) is 35.2 Å². The van der Waals surface area contributed by atoms with Crippen molar-refractivity contribution >= 4 is 28.8 Å². The number of halogens is 1. The van der Waals surface area contributed by atoms with Crippen molar-refractivity contribution in [2.24, 2.45) is 0 Å². The normalized spacial score (nSPS) is 14.0. The molecule has 0 aromatic carbocycles. The van der Waals surface area contributed by atoms with Crippen LogP contribution in [0.25, 0.3) is 16.6 Å². The van der Waals surface area contributed by atoms with Crippen LogP contribution in [0.3, 0.4) is 0 Å². The summed E-state index contributed by atoms with van der Waals surface area (Å²) in [6.45, 7) is 3.98. The van der Waals surface area contributed by atoms with E-state index < -0.39 is 0 Å². The average molecular weight is 502 g/mol. The van der Waals surface area contributed by atoms with Crippen LogP contribution >= 0.6 is 11.6 Å². The zero-order valence-corrected chi connectivity index (χ0v) is 20.4. The van der Waals surface area contributed by atoms with E-state index in [9.17, 15) is 10.1 Å². The number of nitrogens with one attached hydrogen (secondary N) is 1. The van der Waals surface area contributed by atoms with Crippen LogP contribution in [-0.4, -0.2) is 51.2 Å². The molecule has 0 atom stereocenters. The number of ether oxygens (including phenoxy) is 1. The van der Waals surface area contributed by atoms with Crippen molar-refractivity contribution in [2.45, 2.75) is 25.8 Å². The standard InChI is InChI=1S/C26H24ClN7O2/c1-2-36-20-12-21(25-18(13-28)15-31-34(25)16-20)17-5-6-23(30-14-17)33-10-7-19(8-11-33)32-26(35)24-22(27)4-3-9-29-24/h3-6,9,12,14-16,19H,2,7-8,10-11H2,1H3,(H,32,35). The predicted octanol–water partition coefficient (Wildman–Crippen LogP) is 4.11. The van der Waals surface area contributed by atoms with Gasteiger partial charge in [0.05, 0.1) is 35.1 Å². The molecule has 1 fully saturated rings. The van der Waals surface area contributed by atoms with Gasteiger partial charge in [0.25, 0.3) is 5.91 Å². The molecule has 4 aromatic heterocycles. The van der Waals surface area contributed by atoms with E-state index in [0.717, 1.165) is 48.4 Å². The van der Waals surface area contributed by atoms with Crippen molar-refractivity contribution in [2.75, 3.05) is 24.6 Å². The number of nitriles is 1. The van der Waals surface area contributed by atoms with Gasteiger partial charge in [-0.2, -0.15) is 10.4 Å². The predicted molar refractivity (Wildman–Crippen MR) is 136 cm³/mol. The van der Waals surface area contributed by atoms with E-state index in [2.05, 4.69) is 26.4 Å². The fourth-order valence-electron chi connectivity index (χ4n) is 4.44. The third kappa shape index (κ3) is 4.68. The number of nitrogens with zero attached hydrogens (tertiary/aromatic N) is 6. The molecule has 1 N–H and O–H groups in total. The Kier molecular flexibility index (Phi) is 6.69. The molecule has 10 heteroatoms. The first-order valence-electron chi connectivity index (χ1n) is 11.7. The summed E-state index contributed by atoms with van der Waals surface area (Å²) in [5.74, 6) is 1.29. The van der Waals surface area contributed by atoms with Crippen molar-refractivity contribution in [3.05, 3.63) is 71.4 Å². The van der Waals surface area contributed by atoms with Crippen LogP contribution in [0.15, 0.2) is 55.1 Å². The molecule has 9 nitrogen and oxygen atoms in total. The SMILES string of the molecule is CCOc1cc(-c2ccc(N3CCC(NC(=O)c4ncccc4Cl)CC3)nc2)c2c(C#N)cnn2c1. The molecule has 1 aliphatic heterocycles. The summed E-state index contributed by atoms with van der Waals surface area (Å²) in [6, 6.07) is 11.5. The van der Waals surface area contributed by atoms with Crippen LogP contribution in [0.5, 0.6) is 5.75 Å². The summed E-state index contributed by atoms with van der Waals surface area (Å²) >= 11 is 6.10. The van der Waals surface area contributed by atoms with Crippen LogP contribution in [0, 0.1) is 11.3 Å². The first-order chi connectivity index (χ1) is 17.6. The topological polar surface area (TPSA) is 108 Å². The molecule has 182 valence electrons. The number of anilines is 1. The number of hydrogen-bond acceptors (Lipinski definition) is 7. The summed E-state index contributed by atoms with van der Waals surface area (Å²) in [5.41, 5.74) is 3.17. The third-order valence-corrected chi connectivity index (χ3v) is 6.51. The van der Waals surface area contributed by atoms with Gasteiger partial charge in [-0.3, -0.25) is 4.79 Å². The first kappa shape index (κ1) is 23.6. The second-order valence-corrected chi connectivity index (χ2v) is 8.87. The molecule has 0 aliphatic carbocycles. The number of amides is 1. The highest BCUT2D eigenvalue weighted by atomic mass is 35.5. The minimum absolute atomic E-state index is 0.0481. The summed E-state index contributed by atoms with van der Waals surface area (Å²) in [6.07, 6.45) is 8.28. The molecular formula is C26H24ClN7O2. The number of aromatic nitrogens is 4. The number of hydrogen-bond donors (Lipinski definition) is 1. The van der Waals surface area contributed by atoms with E-state index in [0.29, 0.717) is 22.9 Å². The minimum atomic E-state index is -0.251. The Morgan fingerprint density at radius 1 is 1.25 bits per heavy atom. The lowest BCUT2D eigenvalue weighted by molar-refractivity contribution is 0.0926. The molecule has 36 heavy (non-hydrogen) atoms. The van der Waals surface area contributed by atoms with E-state index in [4.69, 9.17) is 21.3 Å². The Morgan fingerprint density at radius 2 is 2.08 bits per heavy atom. The molecule has 0 saturated carbocycles. The van der Waals surface area contributed by atoms with Gasteiger partial charge in [-0.15, -0.1) is 0 Å². The van der Waals surface area contributed by atoms with Gasteiger partial charge in [-0.05, 0) is 50.1 Å². The van der Waals surface area contributed by atoms with E-state index in [1.165, 1.54) is 0 Å². The molecule has 5 rings (SSSR count). The Morgan fingerprint density at radius 3 is 2.78 bits per heavy atom. The van der Waals surface area contributed by atoms with Gasteiger partial charge in [0, 0.05) is 42.7 Å². The Hall–Kier alpha value is -4.16. The number of carbonyl (C=O) groups is 1. The van der Waals surface area contributed by atoms with Crippen molar-refractivity contribution in [3.8, 4) is 22.9 Å². The van der Waals surface area contributed by atoms with Crippen LogP contribution in [-0.2, 0) is 0 Å². The zero-order chi connectivity index (χ0) is 25.1. The molecule has 1 amide bonds. The highest BCUT2D eigenvalue weighted by molar-refractivity contribution is 6.33. The van der Waals surface area contributed by atoms with Gasteiger partial charge in [0.15, 0.2) is 0 Å². The quantitative estimate of drug-likeness (QED) is 0.423. The summed E-state index contributed by atoms with van der Waals surface area (Å²) in [7, 11) is 0. The minimum Gasteiger partial charge on any atom is -0.492 e. The lowest BCUT2D eigenvalue weighted by Crippen LogP contribution is -2.45. The molecule has 1 aliphatic rings. The van der Waals surface area contributed by atoms with Crippen molar-refractivity contribution < 1.29 is 9.53 Å². The Bertz CT molecular complexity index is 1440. The summed E-state index contributed by atoms with van der Waals surface area (Å²) < 4.78 is 7.37. The molecule has 4 aromatic rings. The maximum absolute atomic E-state index is 12.5. The lowest BCUT2D eigenvalue weighted by Gasteiger charge is -2.33. The van der Waals surface area contributed by atoms with Crippen molar-refractivity contribution in [1.82, 2.24) is 24.9 Å². The highest BCUT2D eigenvalue weighted by Crippen LogP contribution is 2.31. The average Bonchev–Trinajstić information content (AvgIpc) is 3.32. The van der Waals surface area contributed by atoms with Gasteiger partial charge < -0.3 is 15.0 Å². The molecule has 0 unspecified atom stereocenters. The summed E-state index contributed by atoms with van der Waals surface area (Å²) in [4.78, 5) is 23.5. The van der Waals surface area contributed by atoms with Gasteiger partial charge in [0.2, 0.25) is 0 Å². The zero-order valence-electron chi connectivity index (χ0n) is 19.7. The van der Waals surface area contributed by atoms with E-state index in [-0.39, 0.29) is 17.6 Å². The maximum Gasteiger partial charge on any atom is 0.271 e. The van der Waals surface area contributed by atoms with Crippen LogP contribution < -0.4 is 15.0 Å².